The van der Waals surface area contributed by atoms with Gasteiger partial charge in [-0.2, -0.15) is 0 Å². The summed E-state index contributed by atoms with van der Waals surface area (Å²) in [6, 6.07) is 4.92. The van der Waals surface area contributed by atoms with Gasteiger partial charge in [0.15, 0.2) is 0 Å². The van der Waals surface area contributed by atoms with Crippen LogP contribution < -0.4 is 10.5 Å². The minimum atomic E-state index is -3.79. The second-order valence-corrected chi connectivity index (χ2v) is 9.71. The van der Waals surface area contributed by atoms with Gasteiger partial charge >= 0.3 is 0 Å². The molecule has 4 bridgehead atoms. The fourth-order valence-corrected chi connectivity index (χ4v) is 6.44. The van der Waals surface area contributed by atoms with Crippen molar-refractivity contribution in [1.82, 2.24) is 0 Å². The lowest BCUT2D eigenvalue weighted by molar-refractivity contribution is -0.140. The molecule has 0 aromatic heterocycles. The number of carbonyl (C=O) groups excluding carboxylic acids is 1. The van der Waals surface area contributed by atoms with Gasteiger partial charge in [0, 0.05) is 5.69 Å². The molecule has 4 aliphatic carbocycles. The Bertz CT molecular complexity index is 765. The summed E-state index contributed by atoms with van der Waals surface area (Å²) in [6.45, 7) is 1.70. The highest BCUT2D eigenvalue weighted by Gasteiger charge is 2.54. The lowest BCUT2D eigenvalue weighted by Crippen LogP contribution is -2.51. The average Bonchev–Trinajstić information content (AvgIpc) is 2.46. The van der Waals surface area contributed by atoms with Crippen LogP contribution in [0.25, 0.3) is 0 Å². The van der Waals surface area contributed by atoms with Crippen LogP contribution in [0.15, 0.2) is 23.1 Å². The molecule has 0 aliphatic heterocycles. The molecule has 1 aromatic rings. The average molecular weight is 348 g/mol. The number of nitrogens with two attached hydrogens (primary N) is 1. The number of sulfonamides is 1. The summed E-state index contributed by atoms with van der Waals surface area (Å²) in [5, 5.41) is 8.24. The van der Waals surface area contributed by atoms with E-state index in [1.165, 1.54) is 25.3 Å². The van der Waals surface area contributed by atoms with Gasteiger partial charge in [0.25, 0.3) is 0 Å². The Morgan fingerprint density at radius 2 is 1.67 bits per heavy atom. The van der Waals surface area contributed by atoms with E-state index in [-0.39, 0.29) is 16.2 Å². The molecular formula is C18H24N2O3S. The number of anilines is 1. The van der Waals surface area contributed by atoms with Crippen LogP contribution in [-0.4, -0.2) is 14.3 Å². The number of carbonyl (C=O) groups is 1. The van der Waals surface area contributed by atoms with Crippen molar-refractivity contribution in [1.29, 1.82) is 0 Å². The van der Waals surface area contributed by atoms with Crippen molar-refractivity contribution in [3.05, 3.63) is 23.8 Å². The van der Waals surface area contributed by atoms with Crippen molar-refractivity contribution >= 4 is 21.6 Å². The number of rotatable bonds is 3. The minimum Gasteiger partial charge on any atom is -0.326 e. The van der Waals surface area contributed by atoms with Crippen LogP contribution in [0.2, 0.25) is 0 Å². The van der Waals surface area contributed by atoms with Crippen molar-refractivity contribution in [3.8, 4) is 0 Å². The van der Waals surface area contributed by atoms with Crippen molar-refractivity contribution in [2.24, 2.45) is 28.3 Å². The van der Waals surface area contributed by atoms with E-state index in [2.05, 4.69) is 5.32 Å². The summed E-state index contributed by atoms with van der Waals surface area (Å²) in [6.07, 6.45) is 6.81. The van der Waals surface area contributed by atoms with E-state index in [1.54, 1.807) is 19.1 Å². The lowest BCUT2D eigenvalue weighted by atomic mass is 9.49. The van der Waals surface area contributed by atoms with Crippen molar-refractivity contribution < 1.29 is 13.2 Å². The molecule has 5 rings (SSSR count). The van der Waals surface area contributed by atoms with E-state index < -0.39 is 10.0 Å². The Hall–Kier alpha value is -1.40. The first-order valence-corrected chi connectivity index (χ1v) is 10.2. The van der Waals surface area contributed by atoms with Gasteiger partial charge in [-0.25, -0.2) is 13.6 Å². The summed E-state index contributed by atoms with van der Waals surface area (Å²) in [5.41, 5.74) is 0.858. The van der Waals surface area contributed by atoms with E-state index in [4.69, 9.17) is 5.14 Å². The predicted molar refractivity (Wildman–Crippen MR) is 91.8 cm³/mol. The fourth-order valence-electron chi connectivity index (χ4n) is 5.64. The molecular weight excluding hydrogens is 324 g/mol. The quantitative estimate of drug-likeness (QED) is 0.880. The Kier molecular flexibility index (Phi) is 3.55. The third-order valence-electron chi connectivity index (χ3n) is 6.27. The molecule has 3 N–H and O–H groups in total. The third kappa shape index (κ3) is 2.65. The number of amides is 1. The second kappa shape index (κ2) is 5.30. The molecule has 0 unspecified atom stereocenters. The SMILES string of the molecule is Cc1ccc(NC(=O)C23CC4CC(CC(C4)C2)C3)cc1S(N)(=O)=O. The summed E-state index contributed by atoms with van der Waals surface area (Å²) in [7, 11) is -3.79. The summed E-state index contributed by atoms with van der Waals surface area (Å²) in [4.78, 5) is 13.1. The number of hydrogen-bond donors (Lipinski definition) is 2. The maximum atomic E-state index is 13.0. The topological polar surface area (TPSA) is 89.3 Å². The third-order valence-corrected chi connectivity index (χ3v) is 7.33. The number of primary sulfonamides is 1. The summed E-state index contributed by atoms with van der Waals surface area (Å²) in [5.74, 6) is 2.14. The highest BCUT2D eigenvalue weighted by molar-refractivity contribution is 7.89. The Balaban J connectivity index is 1.59. The molecule has 1 aromatic carbocycles. The molecule has 4 saturated carbocycles. The normalized spacial score (nSPS) is 34.3. The largest absolute Gasteiger partial charge is 0.326 e. The summed E-state index contributed by atoms with van der Waals surface area (Å²) < 4.78 is 23.4. The van der Waals surface area contributed by atoms with Gasteiger partial charge in [-0.05, 0) is 80.9 Å². The van der Waals surface area contributed by atoms with Gasteiger partial charge in [-0.1, -0.05) is 6.07 Å². The van der Waals surface area contributed by atoms with E-state index in [9.17, 15) is 13.2 Å². The number of benzene rings is 1. The first-order chi connectivity index (χ1) is 11.2. The van der Waals surface area contributed by atoms with E-state index >= 15 is 0 Å². The lowest BCUT2D eigenvalue weighted by Gasteiger charge is -2.55. The highest BCUT2D eigenvalue weighted by atomic mass is 32.2. The van der Waals surface area contributed by atoms with Gasteiger partial charge in [0.1, 0.15) is 0 Å². The van der Waals surface area contributed by atoms with Crippen molar-refractivity contribution in [3.63, 3.8) is 0 Å². The number of nitrogens with one attached hydrogen (secondary N) is 1. The molecule has 6 heteroatoms. The van der Waals surface area contributed by atoms with Gasteiger partial charge in [0.2, 0.25) is 15.9 Å². The van der Waals surface area contributed by atoms with Crippen LogP contribution in [-0.2, 0) is 14.8 Å². The fraction of sp³-hybridized carbons (Fsp3) is 0.611. The van der Waals surface area contributed by atoms with Gasteiger partial charge in [-0.15, -0.1) is 0 Å². The molecule has 4 fully saturated rings. The van der Waals surface area contributed by atoms with E-state index in [1.807, 2.05) is 0 Å². The predicted octanol–water partition coefficient (Wildman–Crippen LogP) is 2.80. The Morgan fingerprint density at radius 1 is 1.12 bits per heavy atom. The zero-order chi connectivity index (χ0) is 17.1. The smallest absolute Gasteiger partial charge is 0.238 e. The monoisotopic (exact) mass is 348 g/mol. The maximum Gasteiger partial charge on any atom is 0.238 e. The molecule has 0 atom stereocenters. The first-order valence-electron chi connectivity index (χ1n) is 8.70. The maximum absolute atomic E-state index is 13.0. The van der Waals surface area contributed by atoms with Gasteiger partial charge < -0.3 is 5.32 Å². The van der Waals surface area contributed by atoms with Crippen LogP contribution in [0.3, 0.4) is 0 Å². The highest BCUT2D eigenvalue weighted by Crippen LogP contribution is 2.60. The zero-order valence-electron chi connectivity index (χ0n) is 13.9. The molecule has 0 spiro atoms. The zero-order valence-corrected chi connectivity index (χ0v) is 14.7. The van der Waals surface area contributed by atoms with Gasteiger partial charge in [0.05, 0.1) is 10.3 Å². The van der Waals surface area contributed by atoms with Crippen molar-refractivity contribution in [2.45, 2.75) is 50.3 Å². The Labute approximate surface area is 143 Å². The van der Waals surface area contributed by atoms with E-state index in [0.29, 0.717) is 29.0 Å². The molecule has 0 saturated heterocycles. The summed E-state index contributed by atoms with van der Waals surface area (Å²) >= 11 is 0. The standard InChI is InChI=1S/C18H24N2O3S/c1-11-2-3-15(7-16(11)24(19,22)23)20-17(21)18-8-12-4-13(9-18)6-14(5-12)10-18/h2-3,7,12-14H,4-6,8-10H2,1H3,(H,20,21)(H2,19,22,23). The molecule has 5 nitrogen and oxygen atoms in total. The van der Waals surface area contributed by atoms with Crippen molar-refractivity contribution in [2.75, 3.05) is 5.32 Å². The molecule has 130 valence electrons. The van der Waals surface area contributed by atoms with Crippen LogP contribution in [0, 0.1) is 30.1 Å². The van der Waals surface area contributed by atoms with Crippen LogP contribution in [0.5, 0.6) is 0 Å². The minimum absolute atomic E-state index is 0.0609. The second-order valence-electron chi connectivity index (χ2n) is 8.18. The van der Waals surface area contributed by atoms with Crippen LogP contribution in [0.1, 0.15) is 44.1 Å². The van der Waals surface area contributed by atoms with Crippen LogP contribution >= 0.6 is 0 Å². The first kappa shape index (κ1) is 16.1. The van der Waals surface area contributed by atoms with Crippen LogP contribution in [0.4, 0.5) is 5.69 Å². The van der Waals surface area contributed by atoms with E-state index in [0.717, 1.165) is 19.3 Å². The molecule has 0 radical (unpaired) electrons. The molecule has 1 amide bonds. The molecule has 0 heterocycles. The van der Waals surface area contributed by atoms with Gasteiger partial charge in [-0.3, -0.25) is 4.79 Å². The molecule has 24 heavy (non-hydrogen) atoms. The Morgan fingerprint density at radius 3 is 2.17 bits per heavy atom. The number of hydrogen-bond acceptors (Lipinski definition) is 3. The number of aryl methyl sites for hydroxylation is 1. The molecule has 4 aliphatic rings.